The quantitative estimate of drug-likeness (QED) is 0.406. The van der Waals surface area contributed by atoms with E-state index in [0.29, 0.717) is 0 Å². The van der Waals surface area contributed by atoms with E-state index in [4.69, 9.17) is 0 Å². The van der Waals surface area contributed by atoms with Crippen LogP contribution < -0.4 is 0 Å². The Bertz CT molecular complexity index is 152. The Hall–Kier alpha value is -0.590. The van der Waals surface area contributed by atoms with Crippen molar-refractivity contribution in [3.8, 4) is 0 Å². The van der Waals surface area contributed by atoms with E-state index < -0.39 is 0 Å². The van der Waals surface area contributed by atoms with Gasteiger partial charge in [0.2, 0.25) is 0 Å². The summed E-state index contributed by atoms with van der Waals surface area (Å²) in [6, 6.07) is 0. The molecule has 0 aromatic carbocycles. The molecule has 0 unspecified atom stereocenters. The molecule has 0 spiro atoms. The number of hydrogen-bond donors (Lipinski definition) is 0. The van der Waals surface area contributed by atoms with Crippen LogP contribution in [0.2, 0.25) is 0 Å². The van der Waals surface area contributed by atoms with Crippen LogP contribution in [0.15, 0.2) is 11.1 Å². The second kappa shape index (κ2) is 2.34. The largest absolute Gasteiger partial charge is 0.298 e. The molecule has 1 saturated carbocycles. The van der Waals surface area contributed by atoms with E-state index in [1.807, 2.05) is 6.92 Å². The summed E-state index contributed by atoms with van der Waals surface area (Å²) in [5, 5.41) is 0. The number of carbonyl (C=O) groups excluding carboxylic acids is 1. The molecule has 1 aliphatic rings. The summed E-state index contributed by atoms with van der Waals surface area (Å²) >= 11 is 0. The summed E-state index contributed by atoms with van der Waals surface area (Å²) in [5.41, 5.74) is 2.22. The Morgan fingerprint density at radius 1 is 1.44 bits per heavy atom. The van der Waals surface area contributed by atoms with Crippen molar-refractivity contribution in [3.05, 3.63) is 11.1 Å². The maximum Gasteiger partial charge on any atom is 0.145 e. The Morgan fingerprint density at radius 2 is 2.00 bits per heavy atom. The predicted molar refractivity (Wildman–Crippen MR) is 37.2 cm³/mol. The lowest BCUT2D eigenvalue weighted by Crippen LogP contribution is -1.86. The molecule has 0 bridgehead atoms. The lowest BCUT2D eigenvalue weighted by molar-refractivity contribution is -0.104. The number of carbonyl (C=O) groups is 1. The first-order valence-corrected chi connectivity index (χ1v) is 3.38. The zero-order valence-electron chi connectivity index (χ0n) is 5.98. The molecule has 0 atom stereocenters. The number of allylic oxidation sites excluding steroid dienone is 2. The topological polar surface area (TPSA) is 17.1 Å². The first-order valence-electron chi connectivity index (χ1n) is 3.38. The van der Waals surface area contributed by atoms with Crippen molar-refractivity contribution < 1.29 is 4.79 Å². The third-order valence-corrected chi connectivity index (χ3v) is 1.99. The van der Waals surface area contributed by atoms with Gasteiger partial charge in [0.05, 0.1) is 0 Å². The van der Waals surface area contributed by atoms with Crippen LogP contribution in [0.4, 0.5) is 0 Å². The summed E-state index contributed by atoms with van der Waals surface area (Å²) in [4.78, 5) is 10.2. The summed E-state index contributed by atoms with van der Waals surface area (Å²) in [6.45, 7) is 3.95. The molecule has 0 aromatic rings. The van der Waals surface area contributed by atoms with E-state index in [9.17, 15) is 4.79 Å². The lowest BCUT2D eigenvalue weighted by Gasteiger charge is -1.96. The molecule has 0 amide bonds. The Kier molecular flexibility index (Phi) is 1.70. The highest BCUT2D eigenvalue weighted by Gasteiger charge is 2.23. The normalized spacial score (nSPS) is 21.1. The standard InChI is InChI=1S/C8H12O/c1-6(5-9)7(2)8-3-4-8/h5,8H,3-4H2,1-2H3. The summed E-state index contributed by atoms with van der Waals surface area (Å²) in [6.07, 6.45) is 3.53. The smallest absolute Gasteiger partial charge is 0.145 e. The number of hydrogen-bond acceptors (Lipinski definition) is 1. The average molecular weight is 124 g/mol. The van der Waals surface area contributed by atoms with Crippen molar-refractivity contribution in [1.82, 2.24) is 0 Å². The van der Waals surface area contributed by atoms with E-state index in [1.165, 1.54) is 18.4 Å². The van der Waals surface area contributed by atoms with Crippen LogP contribution in [0.5, 0.6) is 0 Å². The van der Waals surface area contributed by atoms with Crippen LogP contribution >= 0.6 is 0 Å². The van der Waals surface area contributed by atoms with Gasteiger partial charge in [0.25, 0.3) is 0 Å². The fourth-order valence-corrected chi connectivity index (χ4v) is 0.931. The molecule has 0 aromatic heterocycles. The highest BCUT2D eigenvalue weighted by molar-refractivity contribution is 5.73. The maximum atomic E-state index is 10.2. The van der Waals surface area contributed by atoms with Gasteiger partial charge in [0.15, 0.2) is 0 Å². The van der Waals surface area contributed by atoms with Crippen LogP contribution in [-0.2, 0) is 4.79 Å². The van der Waals surface area contributed by atoms with Gasteiger partial charge in [0, 0.05) is 0 Å². The van der Waals surface area contributed by atoms with E-state index in [0.717, 1.165) is 17.8 Å². The van der Waals surface area contributed by atoms with Crippen molar-refractivity contribution in [2.24, 2.45) is 5.92 Å². The molecule has 0 N–H and O–H groups in total. The number of aldehydes is 1. The van der Waals surface area contributed by atoms with E-state index in [2.05, 4.69) is 6.92 Å². The molecule has 1 rings (SSSR count). The zero-order valence-corrected chi connectivity index (χ0v) is 5.98. The molecule has 0 radical (unpaired) electrons. The van der Waals surface area contributed by atoms with Crippen molar-refractivity contribution in [1.29, 1.82) is 0 Å². The van der Waals surface area contributed by atoms with Gasteiger partial charge in [-0.3, -0.25) is 4.79 Å². The molecule has 9 heavy (non-hydrogen) atoms. The Balaban J connectivity index is 2.64. The molecular weight excluding hydrogens is 112 g/mol. The van der Waals surface area contributed by atoms with Crippen molar-refractivity contribution in [3.63, 3.8) is 0 Å². The minimum atomic E-state index is 0.746. The minimum Gasteiger partial charge on any atom is -0.298 e. The second-order valence-corrected chi connectivity index (χ2v) is 2.76. The van der Waals surface area contributed by atoms with Crippen LogP contribution in [0.1, 0.15) is 26.7 Å². The minimum absolute atomic E-state index is 0.746. The molecule has 1 nitrogen and oxygen atoms in total. The van der Waals surface area contributed by atoms with Gasteiger partial charge in [0.1, 0.15) is 6.29 Å². The highest BCUT2D eigenvalue weighted by atomic mass is 16.1. The molecule has 0 aliphatic heterocycles. The Morgan fingerprint density at radius 3 is 2.33 bits per heavy atom. The highest BCUT2D eigenvalue weighted by Crippen LogP contribution is 2.37. The summed E-state index contributed by atoms with van der Waals surface area (Å²) in [5.74, 6) is 0.746. The molecule has 1 heteroatoms. The van der Waals surface area contributed by atoms with E-state index in [1.54, 1.807) is 0 Å². The van der Waals surface area contributed by atoms with Crippen LogP contribution in [-0.4, -0.2) is 6.29 Å². The third-order valence-electron chi connectivity index (χ3n) is 1.99. The van der Waals surface area contributed by atoms with Gasteiger partial charge in [-0.05, 0) is 38.2 Å². The van der Waals surface area contributed by atoms with Crippen molar-refractivity contribution >= 4 is 6.29 Å². The first kappa shape index (κ1) is 6.53. The van der Waals surface area contributed by atoms with Gasteiger partial charge in [-0.1, -0.05) is 5.57 Å². The van der Waals surface area contributed by atoms with Crippen molar-refractivity contribution in [2.45, 2.75) is 26.7 Å². The molecule has 50 valence electrons. The monoisotopic (exact) mass is 124 g/mol. The predicted octanol–water partition coefficient (Wildman–Crippen LogP) is 1.93. The van der Waals surface area contributed by atoms with Gasteiger partial charge in [-0.15, -0.1) is 0 Å². The van der Waals surface area contributed by atoms with E-state index >= 15 is 0 Å². The average Bonchev–Trinajstić information content (AvgIpc) is 2.66. The molecular formula is C8H12O. The van der Waals surface area contributed by atoms with Gasteiger partial charge >= 0.3 is 0 Å². The molecule has 1 aliphatic carbocycles. The van der Waals surface area contributed by atoms with Crippen molar-refractivity contribution in [2.75, 3.05) is 0 Å². The first-order chi connectivity index (χ1) is 4.25. The molecule has 0 heterocycles. The molecule has 0 saturated heterocycles. The third kappa shape index (κ3) is 1.41. The molecule has 1 fully saturated rings. The lowest BCUT2D eigenvalue weighted by atomic mass is 10.1. The maximum absolute atomic E-state index is 10.2. The fourth-order valence-electron chi connectivity index (χ4n) is 0.931. The summed E-state index contributed by atoms with van der Waals surface area (Å²) < 4.78 is 0. The van der Waals surface area contributed by atoms with Gasteiger partial charge in [-0.25, -0.2) is 0 Å². The second-order valence-electron chi connectivity index (χ2n) is 2.76. The van der Waals surface area contributed by atoms with Gasteiger partial charge < -0.3 is 0 Å². The van der Waals surface area contributed by atoms with Gasteiger partial charge in [-0.2, -0.15) is 0 Å². The summed E-state index contributed by atoms with van der Waals surface area (Å²) in [7, 11) is 0. The number of rotatable bonds is 2. The van der Waals surface area contributed by atoms with Crippen LogP contribution in [0.3, 0.4) is 0 Å². The SMILES string of the molecule is CC(C=O)=C(C)C1CC1. The van der Waals surface area contributed by atoms with Crippen LogP contribution in [0, 0.1) is 5.92 Å². The fraction of sp³-hybridized carbons (Fsp3) is 0.625. The van der Waals surface area contributed by atoms with Crippen LogP contribution in [0.25, 0.3) is 0 Å². The van der Waals surface area contributed by atoms with E-state index in [-0.39, 0.29) is 0 Å². The zero-order chi connectivity index (χ0) is 6.85. The Labute approximate surface area is 55.8 Å².